The molecule has 112 valence electrons. The summed E-state index contributed by atoms with van der Waals surface area (Å²) in [4.78, 5) is 18.1. The van der Waals surface area contributed by atoms with E-state index in [1.807, 2.05) is 24.4 Å². The number of hydrogen-bond donors (Lipinski definition) is 2. The number of imidazole rings is 1. The number of carbonyl (C=O) groups is 1. The first kappa shape index (κ1) is 13.9. The smallest absolute Gasteiger partial charge is 0.217 e. The fourth-order valence-electron chi connectivity index (χ4n) is 3.00. The molecule has 2 aromatic heterocycles. The molecular formula is C15H21N5O. The largest absolute Gasteiger partial charge is 0.355 e. The Hall–Kier alpha value is -2.08. The van der Waals surface area contributed by atoms with E-state index >= 15 is 0 Å². The van der Waals surface area contributed by atoms with Crippen LogP contribution in [0.2, 0.25) is 0 Å². The van der Waals surface area contributed by atoms with Crippen LogP contribution in [0.4, 0.5) is 5.82 Å². The standard InChI is InChI=1S/C15H21N5O/c1-11(21)17-12-5-8-19(9-6-12)15-13(10-16)20-7-3-2-4-14(20)18-15/h2-4,7,12H,5-6,8-10,16H2,1H3,(H,17,21). The fourth-order valence-corrected chi connectivity index (χ4v) is 3.00. The van der Waals surface area contributed by atoms with Gasteiger partial charge in [-0.3, -0.25) is 4.79 Å². The molecule has 1 fully saturated rings. The van der Waals surface area contributed by atoms with E-state index in [1.54, 1.807) is 6.92 Å². The van der Waals surface area contributed by atoms with Crippen molar-refractivity contribution in [3.8, 4) is 0 Å². The number of rotatable bonds is 3. The van der Waals surface area contributed by atoms with Crippen molar-refractivity contribution in [2.45, 2.75) is 32.4 Å². The first-order valence-corrected chi connectivity index (χ1v) is 7.37. The quantitative estimate of drug-likeness (QED) is 0.879. The number of carbonyl (C=O) groups excluding carboxylic acids is 1. The van der Waals surface area contributed by atoms with Crippen molar-refractivity contribution in [3.63, 3.8) is 0 Å². The Morgan fingerprint density at radius 1 is 1.43 bits per heavy atom. The zero-order valence-corrected chi connectivity index (χ0v) is 12.2. The van der Waals surface area contributed by atoms with E-state index in [0.717, 1.165) is 43.1 Å². The zero-order chi connectivity index (χ0) is 14.8. The van der Waals surface area contributed by atoms with E-state index in [1.165, 1.54) is 0 Å². The number of anilines is 1. The third-order valence-corrected chi connectivity index (χ3v) is 4.00. The Morgan fingerprint density at radius 2 is 2.19 bits per heavy atom. The summed E-state index contributed by atoms with van der Waals surface area (Å²) in [5.41, 5.74) is 7.89. The Kier molecular flexibility index (Phi) is 3.79. The summed E-state index contributed by atoms with van der Waals surface area (Å²) in [6.45, 7) is 3.82. The first-order valence-electron chi connectivity index (χ1n) is 7.37. The van der Waals surface area contributed by atoms with Gasteiger partial charge in [0.15, 0.2) is 5.82 Å². The molecule has 0 radical (unpaired) electrons. The van der Waals surface area contributed by atoms with E-state index in [-0.39, 0.29) is 11.9 Å². The van der Waals surface area contributed by atoms with Gasteiger partial charge in [-0.1, -0.05) is 6.07 Å². The molecule has 0 unspecified atom stereocenters. The molecule has 0 bridgehead atoms. The van der Waals surface area contributed by atoms with Gasteiger partial charge in [-0.2, -0.15) is 0 Å². The normalized spacial score (nSPS) is 16.4. The Bertz CT molecular complexity index is 643. The van der Waals surface area contributed by atoms with Gasteiger partial charge in [-0.15, -0.1) is 0 Å². The lowest BCUT2D eigenvalue weighted by molar-refractivity contribution is -0.119. The van der Waals surface area contributed by atoms with E-state index in [0.29, 0.717) is 6.54 Å². The van der Waals surface area contributed by atoms with Gasteiger partial charge in [-0.05, 0) is 25.0 Å². The monoisotopic (exact) mass is 287 g/mol. The van der Waals surface area contributed by atoms with Crippen molar-refractivity contribution in [2.75, 3.05) is 18.0 Å². The minimum atomic E-state index is 0.0452. The molecule has 1 amide bonds. The van der Waals surface area contributed by atoms with Gasteiger partial charge < -0.3 is 20.4 Å². The molecule has 0 atom stereocenters. The summed E-state index contributed by atoms with van der Waals surface area (Å²) in [7, 11) is 0. The Balaban J connectivity index is 1.80. The summed E-state index contributed by atoms with van der Waals surface area (Å²) in [6.07, 6.45) is 3.88. The Labute approximate surface area is 123 Å². The lowest BCUT2D eigenvalue weighted by Gasteiger charge is -2.32. The molecule has 1 aliphatic rings. The Morgan fingerprint density at radius 3 is 2.86 bits per heavy atom. The van der Waals surface area contributed by atoms with Crippen LogP contribution in [0, 0.1) is 0 Å². The molecule has 3 heterocycles. The van der Waals surface area contributed by atoms with E-state index < -0.39 is 0 Å². The molecule has 0 aliphatic carbocycles. The predicted molar refractivity (Wildman–Crippen MR) is 82.1 cm³/mol. The number of aromatic nitrogens is 2. The molecular weight excluding hydrogens is 266 g/mol. The second kappa shape index (κ2) is 5.73. The zero-order valence-electron chi connectivity index (χ0n) is 12.2. The maximum Gasteiger partial charge on any atom is 0.217 e. The van der Waals surface area contributed by atoms with Gasteiger partial charge in [-0.25, -0.2) is 4.98 Å². The molecule has 1 saturated heterocycles. The van der Waals surface area contributed by atoms with Gasteiger partial charge in [0, 0.05) is 38.8 Å². The number of pyridine rings is 1. The van der Waals surface area contributed by atoms with Gasteiger partial charge in [0.05, 0.1) is 5.69 Å². The molecule has 0 spiro atoms. The van der Waals surface area contributed by atoms with Crippen molar-refractivity contribution >= 4 is 17.4 Å². The van der Waals surface area contributed by atoms with Gasteiger partial charge in [0.1, 0.15) is 5.65 Å². The predicted octanol–water partition coefficient (Wildman–Crippen LogP) is 0.898. The number of hydrogen-bond acceptors (Lipinski definition) is 4. The maximum absolute atomic E-state index is 11.1. The van der Waals surface area contributed by atoms with Crippen molar-refractivity contribution in [3.05, 3.63) is 30.1 Å². The maximum atomic E-state index is 11.1. The summed E-state index contributed by atoms with van der Waals surface area (Å²) in [5.74, 6) is 1.02. The number of nitrogens with zero attached hydrogens (tertiary/aromatic N) is 3. The highest BCUT2D eigenvalue weighted by molar-refractivity contribution is 5.73. The van der Waals surface area contributed by atoms with Crippen LogP contribution in [0.1, 0.15) is 25.5 Å². The third kappa shape index (κ3) is 2.71. The van der Waals surface area contributed by atoms with E-state index in [4.69, 9.17) is 10.7 Å². The summed E-state index contributed by atoms with van der Waals surface area (Å²) in [5, 5.41) is 2.99. The number of nitrogens with one attached hydrogen (secondary N) is 1. The van der Waals surface area contributed by atoms with Crippen LogP contribution in [0.15, 0.2) is 24.4 Å². The lowest BCUT2D eigenvalue weighted by Crippen LogP contribution is -2.44. The third-order valence-electron chi connectivity index (χ3n) is 4.00. The lowest BCUT2D eigenvalue weighted by atomic mass is 10.0. The van der Waals surface area contributed by atoms with Crippen molar-refractivity contribution in [1.82, 2.24) is 14.7 Å². The number of amides is 1. The molecule has 3 N–H and O–H groups in total. The number of fused-ring (bicyclic) bond motifs is 1. The number of piperidine rings is 1. The highest BCUT2D eigenvalue weighted by atomic mass is 16.1. The molecule has 6 nitrogen and oxygen atoms in total. The summed E-state index contributed by atoms with van der Waals surface area (Å²) < 4.78 is 2.05. The van der Waals surface area contributed by atoms with Gasteiger partial charge in [0.2, 0.25) is 5.91 Å². The molecule has 3 rings (SSSR count). The van der Waals surface area contributed by atoms with E-state index in [9.17, 15) is 4.79 Å². The van der Waals surface area contributed by atoms with Crippen LogP contribution < -0.4 is 16.0 Å². The molecule has 21 heavy (non-hydrogen) atoms. The average molecular weight is 287 g/mol. The molecule has 2 aromatic rings. The first-order chi connectivity index (χ1) is 10.2. The van der Waals surface area contributed by atoms with Gasteiger partial charge >= 0.3 is 0 Å². The molecule has 1 aliphatic heterocycles. The van der Waals surface area contributed by atoms with Crippen LogP contribution in [-0.2, 0) is 11.3 Å². The minimum Gasteiger partial charge on any atom is -0.355 e. The molecule has 0 saturated carbocycles. The highest BCUT2D eigenvalue weighted by Gasteiger charge is 2.23. The van der Waals surface area contributed by atoms with Crippen molar-refractivity contribution in [2.24, 2.45) is 5.73 Å². The fraction of sp³-hybridized carbons (Fsp3) is 0.467. The van der Waals surface area contributed by atoms with Crippen LogP contribution in [0.25, 0.3) is 5.65 Å². The van der Waals surface area contributed by atoms with Crippen LogP contribution in [-0.4, -0.2) is 34.4 Å². The minimum absolute atomic E-state index is 0.0452. The highest BCUT2D eigenvalue weighted by Crippen LogP contribution is 2.24. The van der Waals surface area contributed by atoms with Crippen LogP contribution in [0.3, 0.4) is 0 Å². The number of nitrogens with two attached hydrogens (primary N) is 1. The summed E-state index contributed by atoms with van der Waals surface area (Å²) in [6, 6.07) is 6.24. The molecule has 0 aromatic carbocycles. The topological polar surface area (TPSA) is 75.7 Å². The SMILES string of the molecule is CC(=O)NC1CCN(c2nc3ccccn3c2CN)CC1. The summed E-state index contributed by atoms with van der Waals surface area (Å²) >= 11 is 0. The molecule has 6 heteroatoms. The van der Waals surface area contributed by atoms with Gasteiger partial charge in [0.25, 0.3) is 0 Å². The second-order valence-electron chi connectivity index (χ2n) is 5.48. The van der Waals surface area contributed by atoms with Crippen LogP contribution >= 0.6 is 0 Å². The van der Waals surface area contributed by atoms with Crippen molar-refractivity contribution < 1.29 is 4.79 Å². The van der Waals surface area contributed by atoms with Crippen molar-refractivity contribution in [1.29, 1.82) is 0 Å². The van der Waals surface area contributed by atoms with E-state index in [2.05, 4.69) is 14.6 Å². The second-order valence-corrected chi connectivity index (χ2v) is 5.48. The van der Waals surface area contributed by atoms with Crippen LogP contribution in [0.5, 0.6) is 0 Å². The average Bonchev–Trinajstić information content (AvgIpc) is 2.86.